The zero-order chi connectivity index (χ0) is 27.0. The van der Waals surface area contributed by atoms with Gasteiger partial charge in [0.2, 0.25) is 5.95 Å². The van der Waals surface area contributed by atoms with Crippen molar-refractivity contribution < 1.29 is 14.6 Å². The van der Waals surface area contributed by atoms with E-state index in [1.54, 1.807) is 24.4 Å². The van der Waals surface area contributed by atoms with Crippen LogP contribution < -0.4 is 20.5 Å². The maximum Gasteiger partial charge on any atom is 0.229 e. The molecule has 0 fully saturated rings. The molecule has 4 N–H and O–H groups in total. The minimum atomic E-state index is 0.0181. The van der Waals surface area contributed by atoms with E-state index in [2.05, 4.69) is 15.3 Å². The summed E-state index contributed by atoms with van der Waals surface area (Å²) < 4.78 is 11.8. The van der Waals surface area contributed by atoms with Gasteiger partial charge in [0.25, 0.3) is 0 Å². The molecule has 39 heavy (non-hydrogen) atoms. The van der Waals surface area contributed by atoms with E-state index >= 15 is 0 Å². The van der Waals surface area contributed by atoms with Crippen molar-refractivity contribution in [2.75, 3.05) is 5.32 Å². The summed E-state index contributed by atoms with van der Waals surface area (Å²) in [6, 6.07) is 32.6. The highest BCUT2D eigenvalue weighted by molar-refractivity contribution is 7.80. The van der Waals surface area contributed by atoms with Crippen LogP contribution in [-0.2, 0) is 13.2 Å². The van der Waals surface area contributed by atoms with Crippen molar-refractivity contribution >= 4 is 23.3 Å². The number of ether oxygens (including phenoxy) is 2. The van der Waals surface area contributed by atoms with E-state index in [4.69, 9.17) is 27.4 Å². The Balaban J connectivity index is 1.41. The van der Waals surface area contributed by atoms with E-state index in [0.717, 1.165) is 22.4 Å². The van der Waals surface area contributed by atoms with E-state index in [0.29, 0.717) is 35.8 Å². The molecule has 1 heterocycles. The summed E-state index contributed by atoms with van der Waals surface area (Å²) in [6.45, 7) is 0.861. The van der Waals surface area contributed by atoms with Crippen molar-refractivity contribution in [1.29, 1.82) is 0 Å². The van der Waals surface area contributed by atoms with Crippen molar-refractivity contribution in [3.8, 4) is 39.6 Å². The van der Waals surface area contributed by atoms with Crippen molar-refractivity contribution in [2.45, 2.75) is 13.2 Å². The van der Waals surface area contributed by atoms with Gasteiger partial charge in [0.05, 0.1) is 5.69 Å². The first-order valence-corrected chi connectivity index (χ1v) is 12.7. The summed E-state index contributed by atoms with van der Waals surface area (Å²) in [5.41, 5.74) is 10.3. The van der Waals surface area contributed by atoms with Gasteiger partial charge in [-0.05, 0) is 53.2 Å². The van der Waals surface area contributed by atoms with Crippen LogP contribution in [0.1, 0.15) is 11.1 Å². The van der Waals surface area contributed by atoms with E-state index in [1.807, 2.05) is 84.9 Å². The van der Waals surface area contributed by atoms with Crippen LogP contribution in [0, 0.1) is 0 Å². The first-order valence-electron chi connectivity index (χ1n) is 12.3. The molecule has 0 aliphatic carbocycles. The van der Waals surface area contributed by atoms with Crippen LogP contribution in [0.3, 0.4) is 0 Å². The maximum absolute atomic E-state index is 11.0. The van der Waals surface area contributed by atoms with Crippen LogP contribution in [-0.4, -0.2) is 20.2 Å². The van der Waals surface area contributed by atoms with Gasteiger partial charge in [0.15, 0.2) is 5.11 Å². The van der Waals surface area contributed by atoms with E-state index < -0.39 is 0 Å². The Morgan fingerprint density at radius 1 is 0.769 bits per heavy atom. The monoisotopic (exact) mass is 534 g/mol. The van der Waals surface area contributed by atoms with Crippen LogP contribution in [0.15, 0.2) is 109 Å². The molecule has 7 nitrogen and oxygen atoms in total. The number of hydrogen-bond donors (Lipinski definition) is 3. The fourth-order valence-corrected chi connectivity index (χ4v) is 4.07. The molecule has 5 rings (SSSR count). The number of aromatic hydroxyl groups is 1. The molecule has 0 amide bonds. The number of benzene rings is 4. The molecule has 0 radical (unpaired) electrons. The number of thiocarbonyl (C=S) groups is 1. The molecule has 5 aromatic rings. The highest BCUT2D eigenvalue weighted by Gasteiger charge is 2.16. The molecule has 0 aliphatic rings. The van der Waals surface area contributed by atoms with E-state index in [-0.39, 0.29) is 16.8 Å². The number of phenols is 1. The second-order valence-corrected chi connectivity index (χ2v) is 9.14. The predicted molar refractivity (Wildman–Crippen MR) is 157 cm³/mol. The summed E-state index contributed by atoms with van der Waals surface area (Å²) >= 11 is 4.96. The van der Waals surface area contributed by atoms with Gasteiger partial charge in [-0.2, -0.15) is 0 Å². The SMILES string of the molecule is NC(=S)Nc1ncc(-c2ccc(OCc3ccccc3)cc2)c(-c2ccc(OCc3ccccc3)cc2O)n1. The molecule has 0 saturated heterocycles. The van der Waals surface area contributed by atoms with Crippen LogP contribution in [0.5, 0.6) is 17.2 Å². The molecule has 0 saturated carbocycles. The maximum atomic E-state index is 11.0. The molecular weight excluding hydrogens is 508 g/mol. The van der Waals surface area contributed by atoms with Crippen molar-refractivity contribution in [3.63, 3.8) is 0 Å². The summed E-state index contributed by atoms with van der Waals surface area (Å²) in [5, 5.41) is 13.8. The number of nitrogens with zero attached hydrogens (tertiary/aromatic N) is 2. The zero-order valence-electron chi connectivity index (χ0n) is 21.0. The van der Waals surface area contributed by atoms with Gasteiger partial charge in [-0.1, -0.05) is 72.8 Å². The van der Waals surface area contributed by atoms with Crippen LogP contribution in [0.4, 0.5) is 5.95 Å². The third kappa shape index (κ3) is 6.68. The summed E-state index contributed by atoms with van der Waals surface area (Å²) in [7, 11) is 0. The Kier molecular flexibility index (Phi) is 7.95. The molecule has 194 valence electrons. The molecule has 4 aromatic carbocycles. The minimum absolute atomic E-state index is 0.0181. The third-order valence-electron chi connectivity index (χ3n) is 5.91. The number of aromatic nitrogens is 2. The van der Waals surface area contributed by atoms with E-state index in [9.17, 15) is 5.11 Å². The molecule has 0 spiro atoms. The largest absolute Gasteiger partial charge is 0.507 e. The zero-order valence-corrected chi connectivity index (χ0v) is 21.8. The predicted octanol–water partition coefficient (Wildman–Crippen LogP) is 6.33. The van der Waals surface area contributed by atoms with Gasteiger partial charge in [-0.25, -0.2) is 9.97 Å². The number of rotatable bonds is 9. The Morgan fingerprint density at radius 2 is 1.36 bits per heavy atom. The van der Waals surface area contributed by atoms with Gasteiger partial charge in [0.1, 0.15) is 30.5 Å². The van der Waals surface area contributed by atoms with Gasteiger partial charge >= 0.3 is 0 Å². The second kappa shape index (κ2) is 12.1. The topological polar surface area (TPSA) is 103 Å². The highest BCUT2D eigenvalue weighted by atomic mass is 32.1. The molecule has 0 unspecified atom stereocenters. The highest BCUT2D eigenvalue weighted by Crippen LogP contribution is 2.38. The van der Waals surface area contributed by atoms with Gasteiger partial charge < -0.3 is 25.6 Å². The van der Waals surface area contributed by atoms with E-state index in [1.165, 1.54) is 0 Å². The summed E-state index contributed by atoms with van der Waals surface area (Å²) in [5.74, 6) is 1.52. The van der Waals surface area contributed by atoms with Crippen molar-refractivity contribution in [1.82, 2.24) is 9.97 Å². The number of hydrogen-bond acceptors (Lipinski definition) is 6. The Bertz CT molecular complexity index is 1560. The Labute approximate surface area is 231 Å². The fraction of sp³-hybridized carbons (Fsp3) is 0.0645. The lowest BCUT2D eigenvalue weighted by Gasteiger charge is -2.14. The first-order chi connectivity index (χ1) is 19.0. The quantitative estimate of drug-likeness (QED) is 0.189. The molecular formula is C31H26N4O3S. The lowest BCUT2D eigenvalue weighted by atomic mass is 10.00. The van der Waals surface area contributed by atoms with Crippen molar-refractivity contribution in [2.24, 2.45) is 5.73 Å². The van der Waals surface area contributed by atoms with Gasteiger partial charge in [-0.3, -0.25) is 0 Å². The first kappa shape index (κ1) is 25.7. The van der Waals surface area contributed by atoms with Crippen LogP contribution in [0.25, 0.3) is 22.4 Å². The Morgan fingerprint density at radius 3 is 1.95 bits per heavy atom. The fourth-order valence-electron chi connectivity index (χ4n) is 3.98. The smallest absolute Gasteiger partial charge is 0.229 e. The normalized spacial score (nSPS) is 10.6. The van der Waals surface area contributed by atoms with Crippen LogP contribution >= 0.6 is 12.2 Å². The molecule has 0 bridgehead atoms. The lowest BCUT2D eigenvalue weighted by Crippen LogP contribution is -2.20. The Hall–Kier alpha value is -4.95. The molecule has 0 atom stereocenters. The number of nitrogens with two attached hydrogens (primary N) is 1. The summed E-state index contributed by atoms with van der Waals surface area (Å²) in [6.07, 6.45) is 1.67. The van der Waals surface area contributed by atoms with Crippen LogP contribution in [0.2, 0.25) is 0 Å². The third-order valence-corrected chi connectivity index (χ3v) is 6.01. The van der Waals surface area contributed by atoms with Crippen molar-refractivity contribution in [3.05, 3.63) is 120 Å². The second-order valence-electron chi connectivity index (χ2n) is 8.70. The average Bonchev–Trinajstić information content (AvgIpc) is 2.96. The average molecular weight is 535 g/mol. The standard InChI is InChI=1S/C31H26N4O3S/c32-30(39)35-31-33-18-27(23-11-13-24(14-12-23)37-19-21-7-3-1-4-8-21)29(34-31)26-16-15-25(17-28(26)36)38-20-22-9-5-2-6-10-22/h1-18,36H,19-20H2,(H3,32,33,34,35,39). The van der Waals surface area contributed by atoms with Gasteiger partial charge in [-0.15, -0.1) is 0 Å². The molecule has 0 aliphatic heterocycles. The molecule has 1 aromatic heterocycles. The number of phenolic OH excluding ortho intramolecular Hbond substituents is 1. The molecule has 8 heteroatoms. The lowest BCUT2D eigenvalue weighted by molar-refractivity contribution is 0.304. The van der Waals surface area contributed by atoms with Gasteiger partial charge in [0, 0.05) is 23.4 Å². The minimum Gasteiger partial charge on any atom is -0.507 e. The number of anilines is 1. The summed E-state index contributed by atoms with van der Waals surface area (Å²) in [4.78, 5) is 8.98. The number of nitrogens with one attached hydrogen (secondary N) is 1.